The molecule has 0 aromatic heterocycles. The largest absolute Gasteiger partial charge is 0.396 e. The molecule has 2 bridgehead atoms. The summed E-state index contributed by atoms with van der Waals surface area (Å²) in [4.78, 5) is 43.1. The van der Waals surface area contributed by atoms with Crippen molar-refractivity contribution in [1.29, 1.82) is 0 Å². The van der Waals surface area contributed by atoms with Gasteiger partial charge < -0.3 is 20.6 Å². The van der Waals surface area contributed by atoms with E-state index in [1.807, 2.05) is 37.3 Å². The summed E-state index contributed by atoms with van der Waals surface area (Å²) in [5.41, 5.74) is 0.712. The zero-order chi connectivity index (χ0) is 25.9. The molecule has 9 heteroatoms. The lowest BCUT2D eigenvalue weighted by Crippen LogP contribution is -2.55. The highest BCUT2D eigenvalue weighted by molar-refractivity contribution is 9.09. The van der Waals surface area contributed by atoms with Crippen LogP contribution in [0.5, 0.6) is 0 Å². The number of aliphatic hydroxyl groups excluding tert-OH is 1. The van der Waals surface area contributed by atoms with E-state index in [-0.39, 0.29) is 40.4 Å². The molecule has 3 heterocycles. The van der Waals surface area contributed by atoms with E-state index in [2.05, 4.69) is 33.5 Å². The number of rotatable bonds is 12. The van der Waals surface area contributed by atoms with Crippen LogP contribution < -0.4 is 10.6 Å². The van der Waals surface area contributed by atoms with Crippen molar-refractivity contribution in [2.75, 3.05) is 18.5 Å². The van der Waals surface area contributed by atoms with E-state index in [0.717, 1.165) is 38.5 Å². The van der Waals surface area contributed by atoms with Crippen molar-refractivity contribution in [3.63, 3.8) is 0 Å². The number of anilines is 1. The molecule has 3 N–H and O–H groups in total. The fraction of sp³-hybridized carbons (Fsp3) is 0.667. The normalized spacial score (nSPS) is 31.4. The Morgan fingerprint density at radius 3 is 2.61 bits per heavy atom. The van der Waals surface area contributed by atoms with Gasteiger partial charge in [0, 0.05) is 35.0 Å². The monoisotopic (exact) mass is 579 g/mol. The number of unbranched alkanes of at least 4 members (excludes halogenated alkanes) is 3. The standard InChI is InChI=1S/C27H38BrN3O4S/c1-3-11-17(2)29-25(34)23-27-16-19(28)22(36-27)20(24(33)30-18-12-7-6-8-13-18)21(27)26(35)31(23)14-9-4-5-10-15-32/h6-8,12-13,17,19-23,32H,3-5,9-11,14-16H2,1-2H3,(H,29,34)(H,30,33)/t17?,19?,20-,21+,22-,23?,27?/m1/s1. The van der Waals surface area contributed by atoms with Crippen LogP contribution >= 0.6 is 27.7 Å². The molecule has 198 valence electrons. The number of halogens is 1. The molecule has 3 amide bonds. The van der Waals surface area contributed by atoms with Gasteiger partial charge in [0.2, 0.25) is 17.7 Å². The Morgan fingerprint density at radius 2 is 1.92 bits per heavy atom. The van der Waals surface area contributed by atoms with Crippen LogP contribution in [0.3, 0.4) is 0 Å². The number of amides is 3. The quantitative estimate of drug-likeness (QED) is 0.257. The first-order valence-electron chi connectivity index (χ1n) is 13.2. The number of benzene rings is 1. The molecule has 0 radical (unpaired) electrons. The highest BCUT2D eigenvalue weighted by atomic mass is 79.9. The minimum Gasteiger partial charge on any atom is -0.396 e. The van der Waals surface area contributed by atoms with Gasteiger partial charge in [-0.2, -0.15) is 0 Å². The number of aliphatic hydroxyl groups is 1. The summed E-state index contributed by atoms with van der Waals surface area (Å²) in [6.45, 7) is 4.76. The summed E-state index contributed by atoms with van der Waals surface area (Å²) in [6, 6.07) is 8.78. The lowest BCUT2D eigenvalue weighted by atomic mass is 9.70. The maximum absolute atomic E-state index is 14.0. The molecule has 1 aromatic carbocycles. The topological polar surface area (TPSA) is 98.7 Å². The van der Waals surface area contributed by atoms with Gasteiger partial charge in [-0.15, -0.1) is 11.8 Å². The summed E-state index contributed by atoms with van der Waals surface area (Å²) in [7, 11) is 0. The molecule has 3 fully saturated rings. The zero-order valence-electron chi connectivity index (χ0n) is 21.1. The van der Waals surface area contributed by atoms with E-state index in [0.29, 0.717) is 18.7 Å². The minimum absolute atomic E-state index is 0.0278. The third-order valence-corrected chi connectivity index (χ3v) is 11.0. The van der Waals surface area contributed by atoms with Crippen molar-refractivity contribution in [3.8, 4) is 0 Å². The number of alkyl halides is 1. The Bertz CT molecular complexity index is 950. The predicted molar refractivity (Wildman–Crippen MR) is 147 cm³/mol. The third-order valence-electron chi connectivity index (χ3n) is 7.80. The van der Waals surface area contributed by atoms with Gasteiger partial charge in [0.25, 0.3) is 0 Å². The summed E-state index contributed by atoms with van der Waals surface area (Å²) in [5, 5.41) is 15.2. The summed E-state index contributed by atoms with van der Waals surface area (Å²) < 4.78 is -0.615. The number of hydrogen-bond acceptors (Lipinski definition) is 5. The summed E-state index contributed by atoms with van der Waals surface area (Å²) in [6.07, 6.45) is 5.82. The second kappa shape index (κ2) is 11.9. The van der Waals surface area contributed by atoms with Gasteiger partial charge in [-0.05, 0) is 44.7 Å². The molecule has 3 aliphatic rings. The van der Waals surface area contributed by atoms with Gasteiger partial charge in [-0.3, -0.25) is 14.4 Å². The molecule has 3 saturated heterocycles. The van der Waals surface area contributed by atoms with Crippen molar-refractivity contribution >= 4 is 51.1 Å². The Morgan fingerprint density at radius 1 is 1.19 bits per heavy atom. The maximum atomic E-state index is 14.0. The molecule has 7 nitrogen and oxygen atoms in total. The second-order valence-corrected chi connectivity index (χ2v) is 13.1. The number of likely N-dealkylation sites (tertiary alicyclic amines) is 1. The first-order chi connectivity index (χ1) is 17.3. The van der Waals surface area contributed by atoms with E-state index in [9.17, 15) is 14.4 Å². The van der Waals surface area contributed by atoms with Gasteiger partial charge in [-0.25, -0.2) is 0 Å². The number of fused-ring (bicyclic) bond motifs is 1. The first-order valence-corrected chi connectivity index (χ1v) is 15.0. The Hall–Kier alpha value is -1.58. The molecular formula is C27H38BrN3O4S. The molecule has 3 aliphatic heterocycles. The van der Waals surface area contributed by atoms with Crippen LogP contribution in [0.25, 0.3) is 0 Å². The third kappa shape index (κ3) is 5.20. The highest BCUT2D eigenvalue weighted by Gasteiger charge is 2.75. The van der Waals surface area contributed by atoms with Crippen LogP contribution in [0.15, 0.2) is 30.3 Å². The van der Waals surface area contributed by atoms with Crippen molar-refractivity contribution in [3.05, 3.63) is 30.3 Å². The molecule has 7 atom stereocenters. The van der Waals surface area contributed by atoms with Crippen molar-refractivity contribution in [2.45, 2.75) is 85.7 Å². The molecule has 4 rings (SSSR count). The van der Waals surface area contributed by atoms with Crippen LogP contribution in [0.2, 0.25) is 0 Å². The van der Waals surface area contributed by atoms with E-state index in [1.54, 1.807) is 16.7 Å². The number of hydrogen-bond donors (Lipinski definition) is 3. The van der Waals surface area contributed by atoms with Gasteiger partial charge >= 0.3 is 0 Å². The molecule has 36 heavy (non-hydrogen) atoms. The zero-order valence-corrected chi connectivity index (χ0v) is 23.5. The Balaban J connectivity index is 1.61. The fourth-order valence-electron chi connectivity index (χ4n) is 6.29. The molecule has 1 spiro atoms. The molecule has 4 unspecified atom stereocenters. The van der Waals surface area contributed by atoms with E-state index >= 15 is 0 Å². The van der Waals surface area contributed by atoms with Gasteiger partial charge in [0.1, 0.15) is 6.04 Å². The molecule has 0 saturated carbocycles. The lowest BCUT2D eigenvalue weighted by Gasteiger charge is -2.36. The Labute approximate surface area is 226 Å². The van der Waals surface area contributed by atoms with Gasteiger partial charge in [0.15, 0.2) is 0 Å². The summed E-state index contributed by atoms with van der Waals surface area (Å²) >= 11 is 5.48. The fourth-order valence-corrected chi connectivity index (χ4v) is 9.91. The van der Waals surface area contributed by atoms with E-state index in [4.69, 9.17) is 5.11 Å². The predicted octanol–water partition coefficient (Wildman–Crippen LogP) is 3.95. The van der Waals surface area contributed by atoms with Gasteiger partial charge in [-0.1, -0.05) is 60.3 Å². The number of carbonyl (C=O) groups is 3. The van der Waals surface area contributed by atoms with Crippen LogP contribution in [0.4, 0.5) is 5.69 Å². The van der Waals surface area contributed by atoms with Crippen molar-refractivity contribution in [2.24, 2.45) is 11.8 Å². The smallest absolute Gasteiger partial charge is 0.244 e. The summed E-state index contributed by atoms with van der Waals surface area (Å²) in [5.74, 6) is -1.32. The number of thioether (sulfide) groups is 1. The van der Waals surface area contributed by atoms with Gasteiger partial charge in [0.05, 0.1) is 16.6 Å². The van der Waals surface area contributed by atoms with Crippen LogP contribution in [-0.2, 0) is 14.4 Å². The van der Waals surface area contributed by atoms with Crippen molar-refractivity contribution in [1.82, 2.24) is 10.2 Å². The SMILES string of the molecule is CCCC(C)NC(=O)C1N(CCCCCCO)C(=O)[C@@H]2[C@@H](C(=O)Nc3ccccc3)[C@@H]3SC12CC3Br. The number of nitrogens with zero attached hydrogens (tertiary/aromatic N) is 1. The van der Waals surface area contributed by atoms with E-state index < -0.39 is 22.6 Å². The van der Waals surface area contributed by atoms with E-state index in [1.165, 1.54) is 0 Å². The minimum atomic E-state index is -0.615. The van der Waals surface area contributed by atoms with Crippen LogP contribution in [0, 0.1) is 11.8 Å². The first kappa shape index (κ1) is 27.5. The highest BCUT2D eigenvalue weighted by Crippen LogP contribution is 2.67. The van der Waals surface area contributed by atoms with Crippen LogP contribution in [0.1, 0.15) is 58.8 Å². The molecule has 0 aliphatic carbocycles. The average molecular weight is 581 g/mol. The number of carbonyl (C=O) groups excluding carboxylic acids is 3. The Kier molecular flexibility index (Phi) is 9.05. The number of para-hydroxylation sites is 1. The van der Waals surface area contributed by atoms with Crippen LogP contribution in [-0.4, -0.2) is 67.8 Å². The number of nitrogens with one attached hydrogen (secondary N) is 2. The average Bonchev–Trinajstić information content (AvgIpc) is 3.43. The maximum Gasteiger partial charge on any atom is 0.244 e. The second-order valence-electron chi connectivity index (χ2n) is 10.4. The van der Waals surface area contributed by atoms with Crippen molar-refractivity contribution < 1.29 is 19.5 Å². The molecule has 1 aromatic rings. The molecular weight excluding hydrogens is 542 g/mol. The lowest BCUT2D eigenvalue weighted by molar-refractivity contribution is -0.139.